The van der Waals surface area contributed by atoms with Crippen molar-refractivity contribution >= 4 is 61.2 Å². The number of carbonyl (C=O) groups is 1. The summed E-state index contributed by atoms with van der Waals surface area (Å²) in [7, 11) is -2.48. The number of hydrogen-bond donors (Lipinski definition) is 0. The Labute approximate surface area is 278 Å². The molecule has 0 radical (unpaired) electrons. The highest BCUT2D eigenvalue weighted by Crippen LogP contribution is 2.48. The maximum atomic E-state index is 14.7. The molecular weight excluding hydrogens is 648 g/mol. The molecular formula is C33H39ClN4O6S2. The van der Waals surface area contributed by atoms with E-state index >= 15 is 0 Å². The number of aromatic nitrogens is 3. The molecule has 0 aromatic carbocycles. The lowest BCUT2D eigenvalue weighted by molar-refractivity contribution is -0.171. The first kappa shape index (κ1) is 32.9. The topological polar surface area (TPSA) is 113 Å². The van der Waals surface area contributed by atoms with Crippen molar-refractivity contribution in [3.8, 4) is 0 Å². The Morgan fingerprint density at radius 3 is 2.61 bits per heavy atom. The van der Waals surface area contributed by atoms with Gasteiger partial charge < -0.3 is 19.1 Å². The average molecular weight is 687 g/mol. The van der Waals surface area contributed by atoms with Gasteiger partial charge in [0.1, 0.15) is 27.7 Å². The van der Waals surface area contributed by atoms with Crippen LogP contribution in [0.1, 0.15) is 75.4 Å². The van der Waals surface area contributed by atoms with Crippen LogP contribution < -0.4 is 0 Å². The van der Waals surface area contributed by atoms with Crippen LogP contribution in [0.5, 0.6) is 0 Å². The van der Waals surface area contributed by atoms with E-state index in [1.165, 1.54) is 15.3 Å². The molecule has 4 heterocycles. The van der Waals surface area contributed by atoms with Gasteiger partial charge in [-0.25, -0.2) is 27.2 Å². The molecule has 1 aliphatic heterocycles. The Morgan fingerprint density at radius 2 is 1.98 bits per heavy atom. The fourth-order valence-electron chi connectivity index (χ4n) is 5.98. The van der Waals surface area contributed by atoms with E-state index in [1.54, 1.807) is 43.5 Å². The van der Waals surface area contributed by atoms with Crippen LogP contribution in [0.2, 0.25) is 0 Å². The van der Waals surface area contributed by atoms with Gasteiger partial charge in [0, 0.05) is 48.6 Å². The lowest BCUT2D eigenvalue weighted by Gasteiger charge is -2.39. The Kier molecular flexibility index (Phi) is 8.73. The largest absolute Gasteiger partial charge is 0.444 e. The summed E-state index contributed by atoms with van der Waals surface area (Å²) in [5.41, 5.74) is 1.41. The quantitative estimate of drug-likeness (QED) is 0.232. The highest BCUT2D eigenvalue weighted by molar-refractivity contribution is 7.91. The molecule has 0 bridgehead atoms. The molecule has 2 aliphatic carbocycles. The van der Waals surface area contributed by atoms with E-state index in [-0.39, 0.29) is 13.2 Å². The first-order valence-electron chi connectivity index (χ1n) is 15.3. The number of halogens is 1. The Morgan fingerprint density at radius 1 is 1.20 bits per heavy atom. The highest BCUT2D eigenvalue weighted by Gasteiger charge is 2.45. The van der Waals surface area contributed by atoms with E-state index in [4.69, 9.17) is 25.8 Å². The lowest BCUT2D eigenvalue weighted by Crippen LogP contribution is -2.40. The molecule has 3 aliphatic rings. The van der Waals surface area contributed by atoms with E-state index < -0.39 is 32.1 Å². The third-order valence-electron chi connectivity index (χ3n) is 8.72. The molecule has 0 saturated heterocycles. The number of hydrogen-bond acceptors (Lipinski definition) is 9. The van der Waals surface area contributed by atoms with Crippen LogP contribution in [0.15, 0.2) is 53.9 Å². The fraction of sp³-hybridized carbons (Fsp3) is 0.485. The molecule has 1 amide bonds. The van der Waals surface area contributed by atoms with Crippen LogP contribution in [0.4, 0.5) is 4.79 Å². The maximum absolute atomic E-state index is 14.7. The summed E-state index contributed by atoms with van der Waals surface area (Å²) in [5, 5.41) is 1.93. The molecule has 13 heteroatoms. The minimum absolute atomic E-state index is 0.193. The summed E-state index contributed by atoms with van der Waals surface area (Å²) in [6, 6.07) is 5.49. The van der Waals surface area contributed by atoms with Crippen LogP contribution in [0, 0.1) is 0 Å². The average Bonchev–Trinajstić information content (AvgIpc) is 3.62. The van der Waals surface area contributed by atoms with Crippen molar-refractivity contribution in [2.45, 2.75) is 75.7 Å². The molecule has 0 spiro atoms. The van der Waals surface area contributed by atoms with Crippen molar-refractivity contribution in [3.63, 3.8) is 0 Å². The molecule has 0 N–H and O–H groups in total. The molecule has 1 unspecified atom stereocenters. The van der Waals surface area contributed by atoms with Crippen molar-refractivity contribution in [1.29, 1.82) is 0 Å². The summed E-state index contributed by atoms with van der Waals surface area (Å²) in [4.78, 5) is 24.3. The first-order valence-corrected chi connectivity index (χ1v) is 18.0. The van der Waals surface area contributed by atoms with Gasteiger partial charge in [0.25, 0.3) is 0 Å². The van der Waals surface area contributed by atoms with Crippen LogP contribution in [0.25, 0.3) is 22.2 Å². The smallest absolute Gasteiger partial charge is 0.410 e. The monoisotopic (exact) mass is 686 g/mol. The molecule has 1 atom stereocenters. The lowest BCUT2D eigenvalue weighted by atomic mass is 9.80. The molecule has 6 rings (SSSR count). The zero-order valence-electron chi connectivity index (χ0n) is 26.7. The van der Waals surface area contributed by atoms with E-state index in [0.717, 1.165) is 40.3 Å². The second-order valence-electron chi connectivity index (χ2n) is 13.2. The molecule has 46 heavy (non-hydrogen) atoms. The number of methoxy groups -OCH3 is 1. The third kappa shape index (κ3) is 5.94. The Balaban J connectivity index is 1.30. The van der Waals surface area contributed by atoms with Gasteiger partial charge >= 0.3 is 6.09 Å². The molecule has 1 fully saturated rings. The number of rotatable bonds is 8. The Hall–Kier alpha value is -3.03. The van der Waals surface area contributed by atoms with E-state index in [9.17, 15) is 13.2 Å². The predicted molar refractivity (Wildman–Crippen MR) is 180 cm³/mol. The van der Waals surface area contributed by atoms with Gasteiger partial charge in [-0.15, -0.1) is 11.3 Å². The van der Waals surface area contributed by atoms with Gasteiger partial charge in [-0.3, -0.25) is 0 Å². The SMILES string of the molecule is COCOC1(c2ncc(C3=CCC(C)(S(=O)(=O)n4c(C5=CCN(C(=O)OC(C)(C)C)CC5)cc5cccnc54)C=C3Cl)s2)CCC1. The number of amides is 1. The standard InChI is InChI=1S/C33H39ClN4O6S2/c1-31(2,3)44-30(39)37-16-10-22(11-17-37)26-18-23-8-6-15-35-28(23)38(26)46(40,41)32(4)14-9-24(25(34)19-32)27-20-36-29(45-27)33(12-7-13-33)43-21-42-5/h6,8-10,15,18-20H,7,11-14,16-17,21H2,1-5H3. The van der Waals surface area contributed by atoms with Crippen LogP contribution in [0.3, 0.4) is 0 Å². The zero-order chi connectivity index (χ0) is 32.9. The van der Waals surface area contributed by atoms with Crippen LogP contribution in [-0.2, 0) is 29.8 Å². The first-order chi connectivity index (χ1) is 21.8. The van der Waals surface area contributed by atoms with Crippen LogP contribution >= 0.6 is 22.9 Å². The number of allylic oxidation sites excluding steroid dienone is 3. The summed E-state index contributed by atoms with van der Waals surface area (Å²) >= 11 is 8.41. The van der Waals surface area contributed by atoms with E-state index in [0.29, 0.717) is 41.3 Å². The second-order valence-corrected chi connectivity index (χ2v) is 16.9. The van der Waals surface area contributed by atoms with Crippen LogP contribution in [-0.4, -0.2) is 70.7 Å². The molecule has 3 aromatic heterocycles. The number of pyridine rings is 1. The van der Waals surface area contributed by atoms with Gasteiger partial charge in [0.15, 0.2) is 5.65 Å². The zero-order valence-corrected chi connectivity index (χ0v) is 29.1. The normalized spacial score (nSPS) is 21.8. The summed E-state index contributed by atoms with van der Waals surface area (Å²) in [5.74, 6) is 0. The van der Waals surface area contributed by atoms with Crippen molar-refractivity contribution in [1.82, 2.24) is 18.8 Å². The second kappa shape index (κ2) is 12.2. The molecule has 246 valence electrons. The van der Waals surface area contributed by atoms with Crippen molar-refractivity contribution in [2.24, 2.45) is 0 Å². The maximum Gasteiger partial charge on any atom is 0.410 e. The van der Waals surface area contributed by atoms with Gasteiger partial charge in [-0.2, -0.15) is 0 Å². The molecule has 1 saturated carbocycles. The van der Waals surface area contributed by atoms with Gasteiger partial charge in [0.2, 0.25) is 10.0 Å². The summed E-state index contributed by atoms with van der Waals surface area (Å²) < 4.78 is 46.1. The molecule has 3 aromatic rings. The summed E-state index contributed by atoms with van der Waals surface area (Å²) in [6.07, 6.45) is 11.9. The number of nitrogens with zero attached hydrogens (tertiary/aromatic N) is 4. The summed E-state index contributed by atoms with van der Waals surface area (Å²) in [6.45, 7) is 8.08. The third-order valence-corrected chi connectivity index (χ3v) is 12.6. The molecule has 10 nitrogen and oxygen atoms in total. The highest BCUT2D eigenvalue weighted by atomic mass is 35.5. The Bertz CT molecular complexity index is 1870. The number of thiazole rings is 1. The van der Waals surface area contributed by atoms with E-state index in [2.05, 4.69) is 9.97 Å². The number of ether oxygens (including phenoxy) is 3. The van der Waals surface area contributed by atoms with Gasteiger partial charge in [0.05, 0.1) is 10.6 Å². The minimum atomic E-state index is -4.08. The van der Waals surface area contributed by atoms with E-state index in [1.807, 2.05) is 45.1 Å². The predicted octanol–water partition coefficient (Wildman–Crippen LogP) is 7.06. The number of carbonyl (C=O) groups excluding carboxylic acids is 1. The van der Waals surface area contributed by atoms with Crippen molar-refractivity contribution < 1.29 is 27.4 Å². The number of fused-ring (bicyclic) bond motifs is 1. The van der Waals surface area contributed by atoms with Crippen molar-refractivity contribution in [2.75, 3.05) is 27.0 Å². The van der Waals surface area contributed by atoms with Crippen molar-refractivity contribution in [3.05, 3.63) is 69.4 Å². The van der Waals surface area contributed by atoms with Gasteiger partial charge in [-0.1, -0.05) is 23.8 Å². The fourth-order valence-corrected chi connectivity index (χ4v) is 9.48. The minimum Gasteiger partial charge on any atom is -0.444 e. The van der Waals surface area contributed by atoms with Gasteiger partial charge in [-0.05, 0) is 89.6 Å².